The van der Waals surface area contributed by atoms with E-state index < -0.39 is 0 Å². The molecule has 0 aromatic heterocycles. The van der Waals surface area contributed by atoms with Crippen molar-refractivity contribution in [1.82, 2.24) is 4.90 Å². The van der Waals surface area contributed by atoms with Gasteiger partial charge in [0.1, 0.15) is 6.61 Å². The maximum atomic E-state index is 12.1. The molecule has 3 unspecified atom stereocenters. The SMILES string of the molecule is CC(CN1CC2CCC1C2)C(=O)OCc1ccccc1. The van der Waals surface area contributed by atoms with Crippen LogP contribution >= 0.6 is 0 Å². The van der Waals surface area contributed by atoms with Crippen LogP contribution in [0.1, 0.15) is 31.7 Å². The summed E-state index contributed by atoms with van der Waals surface area (Å²) in [7, 11) is 0. The van der Waals surface area contributed by atoms with Gasteiger partial charge in [0.15, 0.2) is 0 Å². The first-order valence-corrected chi connectivity index (χ1v) is 7.67. The summed E-state index contributed by atoms with van der Waals surface area (Å²) in [6, 6.07) is 10.6. The molecule has 3 rings (SSSR count). The Morgan fingerprint density at radius 2 is 2.15 bits per heavy atom. The van der Waals surface area contributed by atoms with Crippen LogP contribution < -0.4 is 0 Å². The fourth-order valence-corrected chi connectivity index (χ4v) is 3.55. The minimum Gasteiger partial charge on any atom is -0.461 e. The lowest BCUT2D eigenvalue weighted by Gasteiger charge is -2.28. The van der Waals surface area contributed by atoms with Crippen molar-refractivity contribution >= 4 is 5.97 Å². The zero-order valence-electron chi connectivity index (χ0n) is 12.1. The van der Waals surface area contributed by atoms with E-state index in [9.17, 15) is 4.79 Å². The van der Waals surface area contributed by atoms with Crippen molar-refractivity contribution in [2.24, 2.45) is 11.8 Å². The Hall–Kier alpha value is -1.35. The molecule has 1 aromatic rings. The van der Waals surface area contributed by atoms with Crippen LogP contribution in [0.2, 0.25) is 0 Å². The zero-order valence-corrected chi connectivity index (χ0v) is 12.1. The molecule has 3 nitrogen and oxygen atoms in total. The summed E-state index contributed by atoms with van der Waals surface area (Å²) in [5, 5.41) is 0. The summed E-state index contributed by atoms with van der Waals surface area (Å²) in [5.74, 6) is 0.780. The first-order chi connectivity index (χ1) is 9.72. The van der Waals surface area contributed by atoms with E-state index in [1.165, 1.54) is 25.8 Å². The Morgan fingerprint density at radius 1 is 1.35 bits per heavy atom. The minimum absolute atomic E-state index is 0.0296. The molecule has 2 aliphatic rings. The molecule has 3 atom stereocenters. The van der Waals surface area contributed by atoms with Gasteiger partial charge in [-0.2, -0.15) is 0 Å². The average Bonchev–Trinajstić information content (AvgIpc) is 3.08. The van der Waals surface area contributed by atoms with Gasteiger partial charge in [-0.05, 0) is 30.7 Å². The first-order valence-electron chi connectivity index (χ1n) is 7.67. The maximum absolute atomic E-state index is 12.1. The molecular formula is C17H23NO2. The molecular weight excluding hydrogens is 250 g/mol. The Bertz CT molecular complexity index is 459. The third-order valence-corrected chi connectivity index (χ3v) is 4.66. The Labute approximate surface area is 120 Å². The van der Waals surface area contributed by atoms with E-state index in [0.29, 0.717) is 6.61 Å². The number of esters is 1. The summed E-state index contributed by atoms with van der Waals surface area (Å²) in [6.45, 7) is 4.41. The van der Waals surface area contributed by atoms with E-state index in [0.717, 1.165) is 24.1 Å². The second kappa shape index (κ2) is 5.96. The van der Waals surface area contributed by atoms with Crippen LogP contribution in [0, 0.1) is 11.8 Å². The number of ether oxygens (including phenoxy) is 1. The molecule has 0 spiro atoms. The average molecular weight is 273 g/mol. The molecule has 1 aliphatic heterocycles. The van der Waals surface area contributed by atoms with Gasteiger partial charge < -0.3 is 4.74 Å². The molecule has 0 amide bonds. The van der Waals surface area contributed by atoms with Gasteiger partial charge in [-0.25, -0.2) is 0 Å². The van der Waals surface area contributed by atoms with Gasteiger partial charge >= 0.3 is 5.97 Å². The van der Waals surface area contributed by atoms with Crippen LogP contribution in [0.25, 0.3) is 0 Å². The Morgan fingerprint density at radius 3 is 2.80 bits per heavy atom. The smallest absolute Gasteiger partial charge is 0.310 e. The second-order valence-corrected chi connectivity index (χ2v) is 6.28. The van der Waals surface area contributed by atoms with E-state index in [4.69, 9.17) is 4.74 Å². The van der Waals surface area contributed by atoms with Crippen molar-refractivity contribution in [2.45, 2.75) is 38.8 Å². The van der Waals surface area contributed by atoms with Crippen LogP contribution in [0.15, 0.2) is 30.3 Å². The molecule has 3 heteroatoms. The highest BCUT2D eigenvalue weighted by Gasteiger charge is 2.38. The molecule has 2 fully saturated rings. The van der Waals surface area contributed by atoms with E-state index >= 15 is 0 Å². The summed E-state index contributed by atoms with van der Waals surface area (Å²) in [6.07, 6.45) is 4.04. The van der Waals surface area contributed by atoms with E-state index in [1.807, 2.05) is 37.3 Å². The highest BCUT2D eigenvalue weighted by Crippen LogP contribution is 2.37. The summed E-state index contributed by atoms with van der Waals surface area (Å²) < 4.78 is 5.41. The number of hydrogen-bond acceptors (Lipinski definition) is 3. The number of nitrogens with zero attached hydrogens (tertiary/aromatic N) is 1. The lowest BCUT2D eigenvalue weighted by molar-refractivity contribution is -0.150. The molecule has 0 N–H and O–H groups in total. The maximum Gasteiger partial charge on any atom is 0.310 e. The molecule has 1 saturated heterocycles. The zero-order chi connectivity index (χ0) is 13.9. The number of rotatable bonds is 5. The predicted octanol–water partition coefficient (Wildman–Crippen LogP) is 2.85. The quantitative estimate of drug-likeness (QED) is 0.773. The van der Waals surface area contributed by atoms with Crippen molar-refractivity contribution in [3.63, 3.8) is 0 Å². The molecule has 1 saturated carbocycles. The van der Waals surface area contributed by atoms with E-state index in [-0.39, 0.29) is 11.9 Å². The number of carbonyl (C=O) groups is 1. The number of fused-ring (bicyclic) bond motifs is 2. The van der Waals surface area contributed by atoms with Crippen molar-refractivity contribution in [1.29, 1.82) is 0 Å². The highest BCUT2D eigenvalue weighted by atomic mass is 16.5. The van der Waals surface area contributed by atoms with Crippen molar-refractivity contribution in [2.75, 3.05) is 13.1 Å². The van der Waals surface area contributed by atoms with Crippen LogP contribution in [-0.4, -0.2) is 30.0 Å². The van der Waals surface area contributed by atoms with Crippen LogP contribution in [0.5, 0.6) is 0 Å². The normalized spacial score (nSPS) is 26.6. The number of benzene rings is 1. The fourth-order valence-electron chi connectivity index (χ4n) is 3.55. The van der Waals surface area contributed by atoms with Crippen molar-refractivity contribution in [3.05, 3.63) is 35.9 Å². The molecule has 0 radical (unpaired) electrons. The van der Waals surface area contributed by atoms with Gasteiger partial charge in [-0.1, -0.05) is 37.3 Å². The van der Waals surface area contributed by atoms with Gasteiger partial charge in [0, 0.05) is 19.1 Å². The van der Waals surface area contributed by atoms with Crippen LogP contribution in [-0.2, 0) is 16.1 Å². The number of likely N-dealkylation sites (tertiary alicyclic amines) is 1. The predicted molar refractivity (Wildman–Crippen MR) is 78.1 cm³/mol. The molecule has 1 aliphatic carbocycles. The molecule has 1 heterocycles. The Balaban J connectivity index is 1.45. The largest absolute Gasteiger partial charge is 0.461 e. The molecule has 1 aromatic carbocycles. The fraction of sp³-hybridized carbons (Fsp3) is 0.588. The first kappa shape index (κ1) is 13.6. The lowest BCUT2D eigenvalue weighted by Crippen LogP contribution is -2.38. The Kier molecular flexibility index (Phi) is 4.06. The highest BCUT2D eigenvalue weighted by molar-refractivity contribution is 5.72. The number of piperidine rings is 1. The summed E-state index contributed by atoms with van der Waals surface area (Å²) in [4.78, 5) is 14.6. The molecule has 20 heavy (non-hydrogen) atoms. The standard InChI is InChI=1S/C17H23NO2/c1-13(10-18-11-15-7-8-16(18)9-15)17(19)20-12-14-5-3-2-4-6-14/h2-6,13,15-16H,7-12H2,1H3. The summed E-state index contributed by atoms with van der Waals surface area (Å²) >= 11 is 0. The van der Waals surface area contributed by atoms with Crippen molar-refractivity contribution in [3.8, 4) is 0 Å². The van der Waals surface area contributed by atoms with Gasteiger partial charge in [-0.3, -0.25) is 9.69 Å². The van der Waals surface area contributed by atoms with E-state index in [1.54, 1.807) is 0 Å². The van der Waals surface area contributed by atoms with Crippen LogP contribution in [0.4, 0.5) is 0 Å². The number of hydrogen-bond donors (Lipinski definition) is 0. The molecule has 108 valence electrons. The minimum atomic E-state index is -0.0726. The summed E-state index contributed by atoms with van der Waals surface area (Å²) in [5.41, 5.74) is 1.05. The van der Waals surface area contributed by atoms with Crippen LogP contribution in [0.3, 0.4) is 0 Å². The monoisotopic (exact) mass is 273 g/mol. The second-order valence-electron chi connectivity index (χ2n) is 6.28. The van der Waals surface area contributed by atoms with Gasteiger partial charge in [0.25, 0.3) is 0 Å². The van der Waals surface area contributed by atoms with Gasteiger partial charge in [0.2, 0.25) is 0 Å². The third-order valence-electron chi connectivity index (χ3n) is 4.66. The topological polar surface area (TPSA) is 29.5 Å². The third kappa shape index (κ3) is 3.04. The number of carbonyl (C=O) groups excluding carboxylic acids is 1. The van der Waals surface area contributed by atoms with Gasteiger partial charge in [-0.15, -0.1) is 0 Å². The van der Waals surface area contributed by atoms with Crippen molar-refractivity contribution < 1.29 is 9.53 Å². The van der Waals surface area contributed by atoms with E-state index in [2.05, 4.69) is 4.90 Å². The van der Waals surface area contributed by atoms with Gasteiger partial charge in [0.05, 0.1) is 5.92 Å². The lowest BCUT2D eigenvalue weighted by atomic mass is 10.1. The molecule has 2 bridgehead atoms.